The minimum absolute atomic E-state index is 0.101. The number of aromatic nitrogens is 1. The SMILES string of the molecule is CC(O)c1ccnc(N2CCCC(C(N)=O)C2)c1. The molecular formula is C13H19N3O2. The van der Waals surface area contributed by atoms with Crippen molar-refractivity contribution in [2.24, 2.45) is 11.7 Å². The summed E-state index contributed by atoms with van der Waals surface area (Å²) in [7, 11) is 0. The van der Waals surface area contributed by atoms with Crippen LogP contribution >= 0.6 is 0 Å². The molecule has 0 spiro atoms. The maximum Gasteiger partial charge on any atom is 0.222 e. The number of aliphatic hydroxyl groups is 1. The van der Waals surface area contributed by atoms with Gasteiger partial charge in [-0.2, -0.15) is 0 Å². The number of carbonyl (C=O) groups excluding carboxylic acids is 1. The zero-order valence-electron chi connectivity index (χ0n) is 10.5. The first-order valence-corrected chi connectivity index (χ1v) is 6.26. The molecule has 1 amide bonds. The van der Waals surface area contributed by atoms with Gasteiger partial charge in [0.2, 0.25) is 5.91 Å². The fourth-order valence-electron chi connectivity index (χ4n) is 2.28. The Bertz CT molecular complexity index is 434. The molecule has 1 aromatic rings. The second kappa shape index (κ2) is 5.35. The van der Waals surface area contributed by atoms with Crippen LogP contribution in [0.5, 0.6) is 0 Å². The molecule has 5 heteroatoms. The lowest BCUT2D eigenvalue weighted by molar-refractivity contribution is -0.122. The molecule has 2 heterocycles. The van der Waals surface area contributed by atoms with Crippen molar-refractivity contribution in [2.75, 3.05) is 18.0 Å². The third kappa shape index (κ3) is 2.79. The van der Waals surface area contributed by atoms with Gasteiger partial charge < -0.3 is 15.7 Å². The lowest BCUT2D eigenvalue weighted by atomic mass is 9.97. The molecule has 3 N–H and O–H groups in total. The van der Waals surface area contributed by atoms with Gasteiger partial charge in [0, 0.05) is 19.3 Å². The van der Waals surface area contributed by atoms with Crippen molar-refractivity contribution in [3.8, 4) is 0 Å². The van der Waals surface area contributed by atoms with E-state index in [0.717, 1.165) is 30.8 Å². The van der Waals surface area contributed by atoms with Crippen LogP contribution < -0.4 is 10.6 Å². The number of nitrogens with two attached hydrogens (primary N) is 1. The molecule has 0 bridgehead atoms. The van der Waals surface area contributed by atoms with Crippen LogP contribution in [-0.2, 0) is 4.79 Å². The molecule has 2 rings (SSSR count). The molecule has 18 heavy (non-hydrogen) atoms. The van der Waals surface area contributed by atoms with Crippen LogP contribution in [0.2, 0.25) is 0 Å². The Morgan fingerprint density at radius 1 is 1.67 bits per heavy atom. The van der Waals surface area contributed by atoms with Gasteiger partial charge in [-0.1, -0.05) is 0 Å². The van der Waals surface area contributed by atoms with E-state index < -0.39 is 6.10 Å². The Hall–Kier alpha value is -1.62. The van der Waals surface area contributed by atoms with E-state index in [-0.39, 0.29) is 11.8 Å². The van der Waals surface area contributed by atoms with Gasteiger partial charge >= 0.3 is 0 Å². The van der Waals surface area contributed by atoms with Gasteiger partial charge in [-0.15, -0.1) is 0 Å². The quantitative estimate of drug-likeness (QED) is 0.831. The first-order chi connectivity index (χ1) is 8.58. The Balaban J connectivity index is 2.15. The lowest BCUT2D eigenvalue weighted by Crippen LogP contribution is -2.41. The third-order valence-corrected chi connectivity index (χ3v) is 3.40. The van der Waals surface area contributed by atoms with Crippen LogP contribution in [0.4, 0.5) is 5.82 Å². The minimum atomic E-state index is -0.511. The summed E-state index contributed by atoms with van der Waals surface area (Å²) in [5.41, 5.74) is 6.19. The predicted molar refractivity (Wildman–Crippen MR) is 69.0 cm³/mol. The topological polar surface area (TPSA) is 79.5 Å². The summed E-state index contributed by atoms with van der Waals surface area (Å²) in [5, 5.41) is 9.57. The van der Waals surface area contributed by atoms with Crippen LogP contribution in [0.25, 0.3) is 0 Å². The molecule has 0 aromatic carbocycles. The second-order valence-electron chi connectivity index (χ2n) is 4.81. The Kier molecular flexibility index (Phi) is 3.81. The standard InChI is InChI=1S/C13H19N3O2/c1-9(17)10-4-5-15-12(7-10)16-6-2-3-11(8-16)13(14)18/h4-5,7,9,11,17H,2-3,6,8H2,1H3,(H2,14,18). The summed E-state index contributed by atoms with van der Waals surface area (Å²) in [6.45, 7) is 3.22. The largest absolute Gasteiger partial charge is 0.389 e. The molecule has 1 fully saturated rings. The molecule has 1 saturated heterocycles. The molecule has 2 atom stereocenters. The fraction of sp³-hybridized carbons (Fsp3) is 0.538. The Morgan fingerprint density at radius 3 is 3.11 bits per heavy atom. The van der Waals surface area contributed by atoms with Crippen molar-refractivity contribution in [3.63, 3.8) is 0 Å². The van der Waals surface area contributed by atoms with E-state index >= 15 is 0 Å². The van der Waals surface area contributed by atoms with Crippen molar-refractivity contribution in [2.45, 2.75) is 25.9 Å². The average molecular weight is 249 g/mol. The summed E-state index contributed by atoms with van der Waals surface area (Å²) >= 11 is 0. The third-order valence-electron chi connectivity index (χ3n) is 3.40. The molecule has 98 valence electrons. The van der Waals surface area contributed by atoms with Crippen molar-refractivity contribution >= 4 is 11.7 Å². The molecular weight excluding hydrogens is 230 g/mol. The van der Waals surface area contributed by atoms with Crippen LogP contribution in [0.15, 0.2) is 18.3 Å². The first-order valence-electron chi connectivity index (χ1n) is 6.26. The van der Waals surface area contributed by atoms with Crippen molar-refractivity contribution in [1.29, 1.82) is 0 Å². The normalized spacial score (nSPS) is 21.7. The summed E-state index contributed by atoms with van der Waals surface area (Å²) < 4.78 is 0. The maximum atomic E-state index is 11.2. The van der Waals surface area contributed by atoms with Crippen LogP contribution in [-0.4, -0.2) is 29.1 Å². The fourth-order valence-corrected chi connectivity index (χ4v) is 2.28. The van der Waals surface area contributed by atoms with E-state index in [1.54, 1.807) is 19.2 Å². The molecule has 0 saturated carbocycles. The zero-order chi connectivity index (χ0) is 13.1. The second-order valence-corrected chi connectivity index (χ2v) is 4.81. The summed E-state index contributed by atoms with van der Waals surface area (Å²) in [6.07, 6.45) is 2.96. The maximum absolute atomic E-state index is 11.2. The molecule has 1 aliphatic heterocycles. The number of aliphatic hydroxyl groups excluding tert-OH is 1. The monoisotopic (exact) mass is 249 g/mol. The number of pyridine rings is 1. The number of piperidine rings is 1. The molecule has 5 nitrogen and oxygen atoms in total. The van der Waals surface area contributed by atoms with E-state index in [4.69, 9.17) is 5.73 Å². The number of anilines is 1. The number of primary amides is 1. The Labute approximate surface area is 107 Å². The van der Waals surface area contributed by atoms with E-state index in [9.17, 15) is 9.90 Å². The minimum Gasteiger partial charge on any atom is -0.389 e. The van der Waals surface area contributed by atoms with Crippen molar-refractivity contribution in [3.05, 3.63) is 23.9 Å². The highest BCUT2D eigenvalue weighted by atomic mass is 16.3. The van der Waals surface area contributed by atoms with E-state index in [2.05, 4.69) is 9.88 Å². The highest BCUT2D eigenvalue weighted by Gasteiger charge is 2.24. The van der Waals surface area contributed by atoms with Gasteiger partial charge in [0.25, 0.3) is 0 Å². The van der Waals surface area contributed by atoms with E-state index in [1.165, 1.54) is 0 Å². The van der Waals surface area contributed by atoms with Crippen LogP contribution in [0, 0.1) is 5.92 Å². The smallest absolute Gasteiger partial charge is 0.222 e. The lowest BCUT2D eigenvalue weighted by Gasteiger charge is -2.32. The molecule has 1 aliphatic rings. The van der Waals surface area contributed by atoms with Gasteiger partial charge in [-0.05, 0) is 37.5 Å². The van der Waals surface area contributed by atoms with Gasteiger partial charge in [-0.25, -0.2) is 4.98 Å². The number of hydrogen-bond donors (Lipinski definition) is 2. The van der Waals surface area contributed by atoms with Gasteiger partial charge in [-0.3, -0.25) is 4.79 Å². The van der Waals surface area contributed by atoms with Crippen molar-refractivity contribution in [1.82, 2.24) is 4.98 Å². The molecule has 2 unspecified atom stereocenters. The van der Waals surface area contributed by atoms with Gasteiger partial charge in [0.05, 0.1) is 12.0 Å². The summed E-state index contributed by atoms with van der Waals surface area (Å²) in [6, 6.07) is 3.66. The predicted octanol–water partition coefficient (Wildman–Crippen LogP) is 0.837. The summed E-state index contributed by atoms with van der Waals surface area (Å²) in [5.74, 6) is 0.460. The number of nitrogens with zero attached hydrogens (tertiary/aromatic N) is 2. The number of carbonyl (C=O) groups is 1. The highest BCUT2D eigenvalue weighted by molar-refractivity contribution is 5.77. The molecule has 0 aliphatic carbocycles. The zero-order valence-corrected chi connectivity index (χ0v) is 10.5. The van der Waals surface area contributed by atoms with E-state index in [1.807, 2.05) is 6.07 Å². The van der Waals surface area contributed by atoms with Crippen molar-refractivity contribution < 1.29 is 9.90 Å². The number of hydrogen-bond acceptors (Lipinski definition) is 4. The average Bonchev–Trinajstić information content (AvgIpc) is 2.39. The molecule has 0 radical (unpaired) electrons. The Morgan fingerprint density at radius 2 is 2.44 bits per heavy atom. The van der Waals surface area contributed by atoms with E-state index in [0.29, 0.717) is 6.54 Å². The van der Waals surface area contributed by atoms with Gasteiger partial charge in [0.1, 0.15) is 5.82 Å². The summed E-state index contributed by atoms with van der Waals surface area (Å²) in [4.78, 5) is 17.6. The van der Waals surface area contributed by atoms with Crippen LogP contribution in [0.1, 0.15) is 31.4 Å². The number of amides is 1. The highest BCUT2D eigenvalue weighted by Crippen LogP contribution is 2.23. The van der Waals surface area contributed by atoms with Crippen LogP contribution in [0.3, 0.4) is 0 Å². The first kappa shape index (κ1) is 12.8. The number of rotatable bonds is 3. The van der Waals surface area contributed by atoms with Gasteiger partial charge in [0.15, 0.2) is 0 Å². The molecule has 1 aromatic heterocycles.